The van der Waals surface area contributed by atoms with Gasteiger partial charge < -0.3 is 18.9 Å². The van der Waals surface area contributed by atoms with Gasteiger partial charge in [0, 0.05) is 66.8 Å². The van der Waals surface area contributed by atoms with Crippen molar-refractivity contribution in [2.24, 2.45) is 0 Å². The van der Waals surface area contributed by atoms with Crippen molar-refractivity contribution >= 4 is 101 Å². The van der Waals surface area contributed by atoms with E-state index in [-0.39, 0.29) is 43.8 Å². The van der Waals surface area contributed by atoms with Crippen LogP contribution in [-0.4, -0.2) is 15.8 Å². The number of rotatable bonds is 5. The standard InChI is InChI=1S/C106H75BN4/c1-103(2,3)66-57-64(58-67(61-66)104(4,5)6)65-59-98-102-99(60-65)111(95-52-28-40-81-75-34-12-22-46-87(75)106(101(81)95)84-43-19-9-31-72(84)73-32-10-20-44-85(73)106)97-63-69(109-92-49-25-15-37-78(92)79-38-16-26-50-93(79)109)54-56-89(97)107(102)88-55-53-68(108-90-47-23-13-35-76(90)77-36-14-24-48-91(77)108)62-96(88)110(98)94-51-27-39-80-74-33-11-21-45-86(74)105(100(80)94)82-41-17-7-29-70(82)71-30-8-18-42-83(71)105/h7-63H,1-6H3/i13D,14D,15D,16D,23D,24D,25D,26D,35D,36D,37D,38D,47D,48D,49D,50D,53D,54D,55D,56D,62D,63D. The molecule has 2 aliphatic heterocycles. The smallest absolute Gasteiger partial charge is 0.252 e. The van der Waals surface area contributed by atoms with Gasteiger partial charge in [-0.05, 0) is 200 Å². The summed E-state index contributed by atoms with van der Waals surface area (Å²) in [4.78, 5) is 3.90. The van der Waals surface area contributed by atoms with Crippen molar-refractivity contribution in [3.05, 3.63) is 401 Å². The molecule has 24 rings (SSSR count). The second-order valence-corrected chi connectivity index (χ2v) is 32.0. The lowest BCUT2D eigenvalue weighted by Gasteiger charge is -2.46. The zero-order chi connectivity index (χ0) is 92.9. The molecule has 0 atom stereocenters. The Morgan fingerprint density at radius 2 is 0.586 bits per heavy atom. The molecule has 18 aromatic rings. The van der Waals surface area contributed by atoms with E-state index in [1.165, 1.54) is 0 Å². The third kappa shape index (κ3) is 8.14. The van der Waals surface area contributed by atoms with Crippen LogP contribution < -0.4 is 26.2 Å². The lowest BCUT2D eigenvalue weighted by molar-refractivity contribution is 0.569. The summed E-state index contributed by atoms with van der Waals surface area (Å²) < 4.78 is 226. The van der Waals surface area contributed by atoms with Crippen molar-refractivity contribution in [1.82, 2.24) is 9.13 Å². The van der Waals surface area contributed by atoms with Gasteiger partial charge in [0.2, 0.25) is 0 Å². The van der Waals surface area contributed by atoms with Crippen molar-refractivity contribution in [3.63, 3.8) is 0 Å². The predicted octanol–water partition coefficient (Wildman–Crippen LogP) is 24.9. The van der Waals surface area contributed by atoms with E-state index in [0.29, 0.717) is 50.5 Å². The summed E-state index contributed by atoms with van der Waals surface area (Å²) >= 11 is 0. The summed E-state index contributed by atoms with van der Waals surface area (Å²) in [5.41, 5.74) is 12.0. The third-order valence-electron chi connectivity index (χ3n) is 24.5. The van der Waals surface area contributed by atoms with Crippen molar-refractivity contribution in [3.8, 4) is 67.0 Å². The lowest BCUT2D eigenvalue weighted by atomic mass is 9.33. The lowest BCUT2D eigenvalue weighted by Crippen LogP contribution is -2.61. The van der Waals surface area contributed by atoms with Gasteiger partial charge in [-0.1, -0.05) is 314 Å². The van der Waals surface area contributed by atoms with Crippen LogP contribution in [0.1, 0.15) is 127 Å². The number of aromatic nitrogens is 2. The highest BCUT2D eigenvalue weighted by Crippen LogP contribution is 2.68. The van der Waals surface area contributed by atoms with Crippen LogP contribution in [0.3, 0.4) is 0 Å². The Morgan fingerprint density at radius 1 is 0.288 bits per heavy atom. The molecule has 111 heavy (non-hydrogen) atoms. The van der Waals surface area contributed by atoms with E-state index in [9.17, 15) is 30.2 Å². The van der Waals surface area contributed by atoms with E-state index in [1.807, 2.05) is 119 Å². The molecule has 2 spiro atoms. The maximum atomic E-state index is 12.0. The summed E-state index contributed by atoms with van der Waals surface area (Å²) in [7, 11) is 0. The fourth-order valence-corrected chi connectivity index (χ4v) is 20.0. The minimum absolute atomic E-state index is 0.147. The topological polar surface area (TPSA) is 16.3 Å². The van der Waals surface area contributed by atoms with E-state index in [1.54, 1.807) is 0 Å². The second-order valence-electron chi connectivity index (χ2n) is 32.0. The monoisotopic (exact) mass is 1440 g/mol. The maximum absolute atomic E-state index is 12.0. The third-order valence-corrected chi connectivity index (χ3v) is 24.5. The molecule has 4 nitrogen and oxygen atoms in total. The molecule has 0 radical (unpaired) electrons. The van der Waals surface area contributed by atoms with Gasteiger partial charge >= 0.3 is 0 Å². The zero-order valence-corrected chi connectivity index (χ0v) is 61.1. The first-order chi connectivity index (χ1) is 63.5. The quantitative estimate of drug-likeness (QED) is 0.160. The molecule has 522 valence electrons. The number of nitrogens with zero attached hydrogens (tertiary/aromatic N) is 4. The molecule has 6 aliphatic rings. The number of hydrogen-bond donors (Lipinski definition) is 0. The predicted molar refractivity (Wildman–Crippen MR) is 465 cm³/mol. The fraction of sp³-hybridized carbons (Fsp3) is 0.0943. The van der Waals surface area contributed by atoms with Gasteiger partial charge in [0.15, 0.2) is 0 Å². The Kier molecular flexibility index (Phi) is 9.00. The van der Waals surface area contributed by atoms with Crippen LogP contribution in [0, 0.1) is 0 Å². The number of para-hydroxylation sites is 4. The second kappa shape index (κ2) is 22.2. The fourth-order valence-electron chi connectivity index (χ4n) is 20.0. The number of benzene rings is 16. The van der Waals surface area contributed by atoms with Crippen molar-refractivity contribution in [2.75, 3.05) is 9.80 Å². The number of fused-ring (bicyclic) bond motifs is 30. The molecule has 16 aromatic carbocycles. The molecule has 0 unspecified atom stereocenters. The number of hydrogen-bond acceptors (Lipinski definition) is 2. The van der Waals surface area contributed by atoms with Crippen LogP contribution in [0.2, 0.25) is 0 Å². The van der Waals surface area contributed by atoms with E-state index >= 15 is 0 Å². The van der Waals surface area contributed by atoms with Gasteiger partial charge in [0.05, 0.1) is 74.4 Å². The summed E-state index contributed by atoms with van der Waals surface area (Å²) in [6.45, 7) is 11.2. The molecule has 5 heteroatoms. The van der Waals surface area contributed by atoms with Gasteiger partial charge in [-0.25, -0.2) is 0 Å². The first-order valence-electron chi connectivity index (χ1n) is 48.6. The molecule has 0 N–H and O–H groups in total. The highest BCUT2D eigenvalue weighted by atomic mass is 15.2. The summed E-state index contributed by atoms with van der Waals surface area (Å²) in [5.74, 6) is 0. The van der Waals surface area contributed by atoms with Crippen LogP contribution in [0.15, 0.2) is 345 Å². The van der Waals surface area contributed by atoms with E-state index < -0.39 is 195 Å². The van der Waals surface area contributed by atoms with Gasteiger partial charge in [0.25, 0.3) is 6.71 Å². The first-order valence-corrected chi connectivity index (χ1v) is 37.6. The molecule has 0 amide bonds. The Labute approximate surface area is 678 Å². The number of anilines is 6. The van der Waals surface area contributed by atoms with Gasteiger partial charge in [-0.3, -0.25) is 0 Å². The van der Waals surface area contributed by atoms with Crippen molar-refractivity contribution < 1.29 is 30.2 Å². The summed E-state index contributed by atoms with van der Waals surface area (Å²) in [6.07, 6.45) is 0. The Balaban J connectivity index is 0.955. The molecular formula is C106H75BN4. The molecule has 0 saturated heterocycles. The minimum Gasteiger partial charge on any atom is -0.311 e. The first kappa shape index (κ1) is 44.9. The van der Waals surface area contributed by atoms with Gasteiger partial charge in [-0.15, -0.1) is 0 Å². The summed E-state index contributed by atoms with van der Waals surface area (Å²) in [6, 6.07) is 56.3. The molecule has 4 heterocycles. The summed E-state index contributed by atoms with van der Waals surface area (Å²) in [5, 5.41) is -1.40. The minimum atomic E-state index is -1.68. The van der Waals surface area contributed by atoms with Crippen LogP contribution in [0.4, 0.5) is 34.1 Å². The average molecular weight is 1440 g/mol. The van der Waals surface area contributed by atoms with E-state index in [0.717, 1.165) is 98.1 Å². The largest absolute Gasteiger partial charge is 0.311 e. The molecule has 0 bridgehead atoms. The molecule has 2 aromatic heterocycles. The average Bonchev–Trinajstić information content (AvgIpc) is 1.58. The van der Waals surface area contributed by atoms with Crippen LogP contribution in [-0.2, 0) is 21.7 Å². The van der Waals surface area contributed by atoms with E-state index in [2.05, 4.69) is 145 Å². The molecule has 0 fully saturated rings. The maximum Gasteiger partial charge on any atom is 0.252 e. The van der Waals surface area contributed by atoms with Crippen LogP contribution in [0.5, 0.6) is 0 Å². The van der Waals surface area contributed by atoms with Gasteiger partial charge in [-0.2, -0.15) is 0 Å². The Hall–Kier alpha value is -13.2. The highest BCUT2D eigenvalue weighted by molar-refractivity contribution is 7.00. The van der Waals surface area contributed by atoms with Crippen LogP contribution >= 0.6 is 0 Å². The van der Waals surface area contributed by atoms with Gasteiger partial charge in [0.1, 0.15) is 0 Å². The molecular weight excluding hydrogens is 1340 g/mol. The molecule has 4 aliphatic carbocycles. The normalized spacial score (nSPS) is 17.3. The Bertz CT molecular complexity index is 7800. The highest BCUT2D eigenvalue weighted by Gasteiger charge is 2.57. The molecule has 0 saturated carbocycles. The van der Waals surface area contributed by atoms with Crippen molar-refractivity contribution in [1.29, 1.82) is 0 Å². The van der Waals surface area contributed by atoms with E-state index in [4.69, 9.17) is 0 Å². The van der Waals surface area contributed by atoms with Crippen molar-refractivity contribution in [2.45, 2.75) is 63.2 Å². The zero-order valence-electron chi connectivity index (χ0n) is 83.1. The van der Waals surface area contributed by atoms with Crippen LogP contribution in [0.25, 0.3) is 111 Å². The SMILES string of the molecule is [2H]c1c([2H])c(-n2c3c([2H])c([2H])c([2H])c([2H])c3c3c([2H])c([2H])c([2H])c([2H])c32)c([2H])c2c1B1c3c(cc(-c4cc(C(C)(C)C)cc(C(C)(C)C)c4)cc3N(c3cccc4c3C3(c5ccccc5-c5ccccc53)c3ccccc3-4)c3c([2H])c(-n4c5c([2H])c([2H])c([2H])c([2H])c5c5c([2H])c([2H])c([2H])c([2H])c54)c([2H])c([2H])c31)N2c1cccc2c1C1(c3ccccc3-c3ccccc31)c1ccccc1-2. The Morgan fingerprint density at radius 3 is 0.919 bits per heavy atom.